The van der Waals surface area contributed by atoms with Crippen LogP contribution in [0.5, 0.6) is 5.75 Å². The van der Waals surface area contributed by atoms with Gasteiger partial charge in [-0.25, -0.2) is 0 Å². The zero-order valence-electron chi connectivity index (χ0n) is 12.0. The molecule has 0 amide bonds. The fraction of sp³-hybridized carbons (Fsp3) is 0.375. The van der Waals surface area contributed by atoms with Crippen molar-refractivity contribution in [2.24, 2.45) is 0 Å². The fourth-order valence-corrected chi connectivity index (χ4v) is 2.14. The van der Waals surface area contributed by atoms with Crippen LogP contribution < -0.4 is 4.74 Å². The van der Waals surface area contributed by atoms with Crippen LogP contribution in [0.15, 0.2) is 36.4 Å². The Morgan fingerprint density at radius 2 is 1.62 bits per heavy atom. The van der Waals surface area contributed by atoms with Crippen LogP contribution >= 0.6 is 0 Å². The zero-order chi connectivity index (χ0) is 15.8. The lowest BCUT2D eigenvalue weighted by atomic mass is 9.98. The number of ether oxygens (including phenoxy) is 1. The highest BCUT2D eigenvalue weighted by Gasteiger charge is 2.42. The topological polar surface area (TPSA) is 29.5 Å². The van der Waals surface area contributed by atoms with Crippen molar-refractivity contribution in [3.8, 4) is 5.75 Å². The highest BCUT2D eigenvalue weighted by Crippen LogP contribution is 2.42. The highest BCUT2D eigenvalue weighted by molar-refractivity contribution is 5.88. The number of alkyl halides is 3. The van der Waals surface area contributed by atoms with Gasteiger partial charge in [-0.1, -0.05) is 30.3 Å². The van der Waals surface area contributed by atoms with E-state index in [1.165, 1.54) is 6.07 Å². The Bertz CT molecular complexity index is 642. The molecular formula is C16H17F3O2. The van der Waals surface area contributed by atoms with E-state index >= 15 is 0 Å². The molecule has 0 aliphatic carbocycles. The Kier molecular flexibility index (Phi) is 3.89. The summed E-state index contributed by atoms with van der Waals surface area (Å²) in [7, 11) is 0. The summed E-state index contributed by atoms with van der Waals surface area (Å²) >= 11 is 0. The summed E-state index contributed by atoms with van der Waals surface area (Å²) in [6.45, 7) is 5.23. The van der Waals surface area contributed by atoms with E-state index in [0.29, 0.717) is 10.8 Å². The average Bonchev–Trinajstić information content (AvgIpc) is 2.35. The van der Waals surface area contributed by atoms with Gasteiger partial charge in [0, 0.05) is 5.56 Å². The van der Waals surface area contributed by atoms with Gasteiger partial charge >= 0.3 is 6.18 Å². The van der Waals surface area contributed by atoms with Gasteiger partial charge in [-0.3, -0.25) is 0 Å². The SMILES string of the molecule is CC(C)(C)Oc1ccc2ccccc2c1C(O)C(F)(F)F. The number of halogens is 3. The van der Waals surface area contributed by atoms with Crippen LogP contribution in [0, 0.1) is 0 Å². The molecule has 0 heterocycles. The largest absolute Gasteiger partial charge is 0.488 e. The van der Waals surface area contributed by atoms with Crippen molar-refractivity contribution in [2.75, 3.05) is 0 Å². The summed E-state index contributed by atoms with van der Waals surface area (Å²) in [5.74, 6) is 0.0472. The molecule has 1 unspecified atom stereocenters. The molecule has 0 fully saturated rings. The van der Waals surface area contributed by atoms with Gasteiger partial charge in [0.15, 0.2) is 6.10 Å². The van der Waals surface area contributed by atoms with E-state index in [2.05, 4.69) is 0 Å². The van der Waals surface area contributed by atoms with E-state index in [4.69, 9.17) is 4.74 Å². The molecule has 0 spiro atoms. The first-order chi connectivity index (χ1) is 9.59. The van der Waals surface area contributed by atoms with Crippen LogP contribution in [-0.2, 0) is 0 Å². The lowest BCUT2D eigenvalue weighted by molar-refractivity contribution is -0.206. The van der Waals surface area contributed by atoms with Crippen LogP contribution in [-0.4, -0.2) is 16.9 Å². The molecule has 2 nitrogen and oxygen atoms in total. The minimum Gasteiger partial charge on any atom is -0.488 e. The summed E-state index contributed by atoms with van der Waals surface area (Å²) < 4.78 is 44.5. The summed E-state index contributed by atoms with van der Waals surface area (Å²) in [5.41, 5.74) is -0.904. The Morgan fingerprint density at radius 3 is 2.19 bits per heavy atom. The molecule has 0 saturated heterocycles. The second-order valence-corrected chi connectivity index (χ2v) is 5.86. The van der Waals surface area contributed by atoms with E-state index < -0.39 is 17.9 Å². The van der Waals surface area contributed by atoms with Gasteiger partial charge in [0.05, 0.1) is 0 Å². The molecular weight excluding hydrogens is 281 g/mol. The Balaban J connectivity index is 2.68. The average molecular weight is 298 g/mol. The van der Waals surface area contributed by atoms with Crippen LogP contribution in [0.1, 0.15) is 32.4 Å². The van der Waals surface area contributed by atoms with E-state index in [1.54, 1.807) is 51.1 Å². The molecule has 2 aromatic carbocycles. The van der Waals surface area contributed by atoms with E-state index in [9.17, 15) is 18.3 Å². The first kappa shape index (κ1) is 15.6. The molecule has 5 heteroatoms. The van der Waals surface area contributed by atoms with Crippen LogP contribution in [0.3, 0.4) is 0 Å². The first-order valence-corrected chi connectivity index (χ1v) is 6.55. The molecule has 114 valence electrons. The third-order valence-corrected chi connectivity index (χ3v) is 2.93. The molecule has 21 heavy (non-hydrogen) atoms. The van der Waals surface area contributed by atoms with Gasteiger partial charge in [-0.15, -0.1) is 0 Å². The summed E-state index contributed by atoms with van der Waals surface area (Å²) in [6.07, 6.45) is -7.33. The van der Waals surface area contributed by atoms with Crippen molar-refractivity contribution in [3.63, 3.8) is 0 Å². The smallest absolute Gasteiger partial charge is 0.418 e. The Labute approximate surface area is 121 Å². The highest BCUT2D eigenvalue weighted by atomic mass is 19.4. The lowest BCUT2D eigenvalue weighted by Crippen LogP contribution is -2.26. The number of benzene rings is 2. The molecule has 2 aromatic rings. The van der Waals surface area contributed by atoms with E-state index in [0.717, 1.165) is 0 Å². The number of fused-ring (bicyclic) bond motifs is 1. The van der Waals surface area contributed by atoms with E-state index in [1.807, 2.05) is 0 Å². The monoisotopic (exact) mass is 298 g/mol. The number of aliphatic hydroxyl groups is 1. The fourth-order valence-electron chi connectivity index (χ4n) is 2.14. The van der Waals surface area contributed by atoms with Gasteiger partial charge in [0.2, 0.25) is 0 Å². The third-order valence-electron chi connectivity index (χ3n) is 2.93. The normalized spacial score (nSPS) is 14.2. The van der Waals surface area contributed by atoms with E-state index in [-0.39, 0.29) is 11.3 Å². The lowest BCUT2D eigenvalue weighted by Gasteiger charge is -2.26. The van der Waals surface area contributed by atoms with Crippen LogP contribution in [0.25, 0.3) is 10.8 Å². The van der Waals surface area contributed by atoms with Gasteiger partial charge in [-0.2, -0.15) is 13.2 Å². The van der Waals surface area contributed by atoms with Gasteiger partial charge in [0.1, 0.15) is 11.4 Å². The molecule has 0 bridgehead atoms. The van der Waals surface area contributed by atoms with Crippen molar-refractivity contribution in [1.82, 2.24) is 0 Å². The maximum atomic E-state index is 13.0. The third kappa shape index (κ3) is 3.47. The molecule has 2 rings (SSSR count). The van der Waals surface area contributed by atoms with Crippen LogP contribution in [0.2, 0.25) is 0 Å². The number of aliphatic hydroxyl groups excluding tert-OH is 1. The number of hydrogen-bond donors (Lipinski definition) is 1. The van der Waals surface area contributed by atoms with Crippen molar-refractivity contribution >= 4 is 10.8 Å². The Morgan fingerprint density at radius 1 is 1.00 bits per heavy atom. The first-order valence-electron chi connectivity index (χ1n) is 6.55. The second kappa shape index (κ2) is 5.22. The number of rotatable bonds is 2. The van der Waals surface area contributed by atoms with Gasteiger partial charge in [0.25, 0.3) is 0 Å². The minimum atomic E-state index is -4.75. The molecule has 1 atom stereocenters. The van der Waals surface area contributed by atoms with Crippen molar-refractivity contribution in [2.45, 2.75) is 38.7 Å². The summed E-state index contributed by atoms with van der Waals surface area (Å²) in [5, 5.41) is 10.7. The molecule has 0 radical (unpaired) electrons. The maximum absolute atomic E-state index is 13.0. The quantitative estimate of drug-likeness (QED) is 0.877. The molecule has 1 N–H and O–H groups in total. The Hall–Kier alpha value is -1.75. The predicted molar refractivity (Wildman–Crippen MR) is 75.3 cm³/mol. The van der Waals surface area contributed by atoms with Crippen LogP contribution in [0.4, 0.5) is 13.2 Å². The molecule has 0 aromatic heterocycles. The molecule has 0 aliphatic heterocycles. The maximum Gasteiger partial charge on any atom is 0.418 e. The zero-order valence-corrected chi connectivity index (χ0v) is 12.0. The predicted octanol–water partition coefficient (Wildman–Crippen LogP) is 4.61. The minimum absolute atomic E-state index is 0.0472. The number of hydrogen-bond acceptors (Lipinski definition) is 2. The second-order valence-electron chi connectivity index (χ2n) is 5.86. The van der Waals surface area contributed by atoms with Gasteiger partial charge < -0.3 is 9.84 Å². The molecule has 0 saturated carbocycles. The van der Waals surface area contributed by atoms with Gasteiger partial charge in [-0.05, 0) is 37.6 Å². The summed E-state index contributed by atoms with van der Waals surface area (Å²) in [4.78, 5) is 0. The van der Waals surface area contributed by atoms with Crippen molar-refractivity contribution in [1.29, 1.82) is 0 Å². The molecule has 0 aliphatic rings. The summed E-state index contributed by atoms with van der Waals surface area (Å²) in [6, 6.07) is 9.77. The van der Waals surface area contributed by atoms with Crippen molar-refractivity contribution < 1.29 is 23.0 Å². The van der Waals surface area contributed by atoms with Crippen molar-refractivity contribution in [3.05, 3.63) is 42.0 Å². The standard InChI is InChI=1S/C16H17F3O2/c1-15(2,3)21-12-9-8-10-6-4-5-7-11(10)13(12)14(20)16(17,18)19/h4-9,14,20H,1-3H3.